The number of carbonyl (C=O) groups excluding carboxylic acids is 2. The second-order valence-corrected chi connectivity index (χ2v) is 6.42. The van der Waals surface area contributed by atoms with Crippen LogP contribution in [-0.4, -0.2) is 47.1 Å². The number of aryl methyl sites for hydroxylation is 2. The molecule has 1 aromatic carbocycles. The summed E-state index contributed by atoms with van der Waals surface area (Å²) in [5.74, 6) is -0.634. The summed E-state index contributed by atoms with van der Waals surface area (Å²) < 4.78 is 7.42. The summed E-state index contributed by atoms with van der Waals surface area (Å²) in [5, 5.41) is 0. The van der Waals surface area contributed by atoms with E-state index in [9.17, 15) is 9.59 Å². The Hall–Kier alpha value is -2.60. The summed E-state index contributed by atoms with van der Waals surface area (Å²) in [4.78, 5) is 26.0. The van der Waals surface area contributed by atoms with E-state index in [1.165, 1.54) is 0 Å². The van der Waals surface area contributed by atoms with Gasteiger partial charge in [-0.25, -0.2) is 0 Å². The number of amides is 2. The molecule has 2 heterocycles. The van der Waals surface area contributed by atoms with Gasteiger partial charge in [-0.3, -0.25) is 9.59 Å². The molecule has 2 amide bonds. The topological polar surface area (TPSA) is 77.6 Å². The van der Waals surface area contributed by atoms with Crippen molar-refractivity contribution in [3.05, 3.63) is 52.8 Å². The Balaban J connectivity index is 1.94. The molecule has 1 saturated heterocycles. The number of para-hydroxylation sites is 1. The predicted octanol–water partition coefficient (Wildman–Crippen LogP) is 1.73. The van der Waals surface area contributed by atoms with Crippen molar-refractivity contribution < 1.29 is 14.3 Å². The second kappa shape index (κ2) is 6.72. The van der Waals surface area contributed by atoms with E-state index in [4.69, 9.17) is 10.5 Å². The number of benzene rings is 1. The molecule has 0 radical (unpaired) electrons. The van der Waals surface area contributed by atoms with E-state index >= 15 is 0 Å². The highest BCUT2D eigenvalue weighted by molar-refractivity contribution is 5.96. The molecular formula is C19H23N3O3. The molecule has 1 aliphatic heterocycles. The minimum atomic E-state index is -0.738. The highest BCUT2D eigenvalue weighted by Gasteiger charge is 2.30. The molecule has 1 fully saturated rings. The molecule has 0 spiro atoms. The first-order chi connectivity index (χ1) is 11.9. The Labute approximate surface area is 147 Å². The Morgan fingerprint density at radius 3 is 2.60 bits per heavy atom. The molecule has 1 aromatic heterocycles. The zero-order valence-corrected chi connectivity index (χ0v) is 14.8. The Morgan fingerprint density at radius 1 is 1.20 bits per heavy atom. The van der Waals surface area contributed by atoms with Gasteiger partial charge < -0.3 is 19.9 Å². The molecule has 6 heteroatoms. The minimum absolute atomic E-state index is 0.0949. The third-order valence-corrected chi connectivity index (χ3v) is 4.69. The number of nitrogens with zero attached hydrogens (tertiary/aromatic N) is 2. The Kier molecular flexibility index (Phi) is 4.63. The maximum absolute atomic E-state index is 13.0. The van der Waals surface area contributed by atoms with Crippen molar-refractivity contribution in [2.45, 2.75) is 26.9 Å². The van der Waals surface area contributed by atoms with Crippen LogP contribution in [0.15, 0.2) is 30.3 Å². The number of morpholine rings is 1. The average molecular weight is 341 g/mol. The van der Waals surface area contributed by atoms with Gasteiger partial charge in [-0.15, -0.1) is 0 Å². The second-order valence-electron chi connectivity index (χ2n) is 6.42. The number of carbonyl (C=O) groups is 2. The first-order valence-corrected chi connectivity index (χ1v) is 8.35. The van der Waals surface area contributed by atoms with Crippen molar-refractivity contribution in [2.75, 3.05) is 19.7 Å². The van der Waals surface area contributed by atoms with Crippen molar-refractivity contribution in [1.29, 1.82) is 0 Å². The van der Waals surface area contributed by atoms with Gasteiger partial charge in [0.2, 0.25) is 5.91 Å². The van der Waals surface area contributed by atoms with Gasteiger partial charge in [-0.2, -0.15) is 0 Å². The molecule has 25 heavy (non-hydrogen) atoms. The van der Waals surface area contributed by atoms with Crippen molar-refractivity contribution in [1.82, 2.24) is 9.47 Å². The summed E-state index contributed by atoms with van der Waals surface area (Å²) >= 11 is 0. The molecule has 0 aliphatic carbocycles. The van der Waals surface area contributed by atoms with Crippen LogP contribution in [0.1, 0.15) is 27.3 Å². The lowest BCUT2D eigenvalue weighted by molar-refractivity contribution is -0.133. The van der Waals surface area contributed by atoms with Crippen LogP contribution in [0.3, 0.4) is 0 Å². The first-order valence-electron chi connectivity index (χ1n) is 8.35. The SMILES string of the molecule is Cc1ccccc1-n1c(C)cc(C(=O)N2CCO[C@H](C(N)=O)C2)c1C. The van der Waals surface area contributed by atoms with Gasteiger partial charge in [0, 0.05) is 23.6 Å². The van der Waals surface area contributed by atoms with E-state index in [0.717, 1.165) is 22.6 Å². The van der Waals surface area contributed by atoms with Crippen LogP contribution in [-0.2, 0) is 9.53 Å². The summed E-state index contributed by atoms with van der Waals surface area (Å²) in [6.07, 6.45) is -0.738. The number of primary amides is 1. The number of ether oxygens (including phenoxy) is 1. The largest absolute Gasteiger partial charge is 0.367 e. The lowest BCUT2D eigenvalue weighted by Crippen LogP contribution is -2.50. The lowest BCUT2D eigenvalue weighted by Gasteiger charge is -2.31. The molecule has 1 atom stereocenters. The van der Waals surface area contributed by atoms with Crippen LogP contribution < -0.4 is 5.73 Å². The highest BCUT2D eigenvalue weighted by Crippen LogP contribution is 2.24. The normalized spacial score (nSPS) is 17.6. The van der Waals surface area contributed by atoms with Crippen LogP contribution in [0.25, 0.3) is 5.69 Å². The summed E-state index contributed by atoms with van der Waals surface area (Å²) in [7, 11) is 0. The molecule has 6 nitrogen and oxygen atoms in total. The van der Waals surface area contributed by atoms with Gasteiger partial charge >= 0.3 is 0 Å². The van der Waals surface area contributed by atoms with E-state index in [-0.39, 0.29) is 12.5 Å². The number of hydrogen-bond donors (Lipinski definition) is 1. The maximum Gasteiger partial charge on any atom is 0.255 e. The van der Waals surface area contributed by atoms with E-state index in [1.807, 2.05) is 38.1 Å². The molecular weight excluding hydrogens is 318 g/mol. The smallest absolute Gasteiger partial charge is 0.255 e. The van der Waals surface area contributed by atoms with Gasteiger partial charge in [0.1, 0.15) is 0 Å². The van der Waals surface area contributed by atoms with Crippen molar-refractivity contribution in [3.63, 3.8) is 0 Å². The predicted molar refractivity (Wildman–Crippen MR) is 94.8 cm³/mol. The van der Waals surface area contributed by atoms with Crippen LogP contribution >= 0.6 is 0 Å². The van der Waals surface area contributed by atoms with Crippen molar-refractivity contribution >= 4 is 11.8 Å². The highest BCUT2D eigenvalue weighted by atomic mass is 16.5. The minimum Gasteiger partial charge on any atom is -0.367 e. The maximum atomic E-state index is 13.0. The van der Waals surface area contributed by atoms with Crippen LogP contribution in [0.5, 0.6) is 0 Å². The number of hydrogen-bond acceptors (Lipinski definition) is 3. The van der Waals surface area contributed by atoms with Crippen molar-refractivity contribution in [2.24, 2.45) is 5.73 Å². The number of nitrogens with two attached hydrogens (primary N) is 1. The molecule has 2 N–H and O–H groups in total. The van der Waals surface area contributed by atoms with E-state index in [1.54, 1.807) is 4.90 Å². The third kappa shape index (κ3) is 3.17. The fraction of sp³-hybridized carbons (Fsp3) is 0.368. The van der Waals surface area contributed by atoms with E-state index in [2.05, 4.69) is 17.6 Å². The fourth-order valence-corrected chi connectivity index (χ4v) is 3.34. The van der Waals surface area contributed by atoms with Crippen LogP contribution in [0.2, 0.25) is 0 Å². The Bertz CT molecular complexity index is 825. The fourth-order valence-electron chi connectivity index (χ4n) is 3.34. The average Bonchev–Trinajstić information content (AvgIpc) is 2.89. The molecule has 132 valence electrons. The number of aromatic nitrogens is 1. The molecule has 1 aliphatic rings. The van der Waals surface area contributed by atoms with Gasteiger partial charge in [-0.05, 0) is 38.5 Å². The monoisotopic (exact) mass is 341 g/mol. The van der Waals surface area contributed by atoms with E-state index in [0.29, 0.717) is 18.7 Å². The zero-order chi connectivity index (χ0) is 18.1. The Morgan fingerprint density at radius 2 is 1.92 bits per heavy atom. The molecule has 0 unspecified atom stereocenters. The zero-order valence-electron chi connectivity index (χ0n) is 14.8. The quantitative estimate of drug-likeness (QED) is 0.923. The van der Waals surface area contributed by atoms with Gasteiger partial charge in [0.15, 0.2) is 6.10 Å². The van der Waals surface area contributed by atoms with Gasteiger partial charge in [-0.1, -0.05) is 18.2 Å². The summed E-state index contributed by atoms with van der Waals surface area (Å²) in [5.41, 5.74) is 10.0. The number of rotatable bonds is 3. The first kappa shape index (κ1) is 17.2. The van der Waals surface area contributed by atoms with Crippen LogP contribution in [0, 0.1) is 20.8 Å². The summed E-state index contributed by atoms with van der Waals surface area (Å²) in [6, 6.07) is 9.98. The lowest BCUT2D eigenvalue weighted by atomic mass is 10.1. The standard InChI is InChI=1S/C19H23N3O3/c1-12-6-4-5-7-16(12)22-13(2)10-15(14(22)3)19(24)21-8-9-25-17(11-21)18(20)23/h4-7,10,17H,8-9,11H2,1-3H3,(H2,20,23)/t17-/m0/s1. The third-order valence-electron chi connectivity index (χ3n) is 4.69. The molecule has 3 rings (SSSR count). The van der Waals surface area contributed by atoms with Crippen molar-refractivity contribution in [3.8, 4) is 5.69 Å². The molecule has 0 bridgehead atoms. The van der Waals surface area contributed by atoms with Gasteiger partial charge in [0.25, 0.3) is 5.91 Å². The van der Waals surface area contributed by atoms with Gasteiger partial charge in [0.05, 0.1) is 18.7 Å². The van der Waals surface area contributed by atoms with E-state index < -0.39 is 12.0 Å². The molecule has 2 aromatic rings. The molecule has 0 saturated carbocycles. The summed E-state index contributed by atoms with van der Waals surface area (Å²) in [6.45, 7) is 6.95. The van der Waals surface area contributed by atoms with Crippen LogP contribution in [0.4, 0.5) is 0 Å².